The van der Waals surface area contributed by atoms with E-state index in [0.29, 0.717) is 25.3 Å². The number of benzene rings is 1. The molecule has 1 aliphatic heterocycles. The van der Waals surface area contributed by atoms with Gasteiger partial charge in [0.25, 0.3) is 5.91 Å². The van der Waals surface area contributed by atoms with E-state index < -0.39 is 5.92 Å². The summed E-state index contributed by atoms with van der Waals surface area (Å²) in [5.41, 5.74) is 1.41. The lowest BCUT2D eigenvalue weighted by atomic mass is 9.81. The normalized spacial score (nSPS) is 19.3. The maximum atomic E-state index is 13.1. The zero-order valence-electron chi connectivity index (χ0n) is 15.1. The van der Waals surface area contributed by atoms with Crippen molar-refractivity contribution >= 4 is 23.2 Å². The van der Waals surface area contributed by atoms with E-state index in [-0.39, 0.29) is 17.9 Å². The average Bonchev–Trinajstić information content (AvgIpc) is 3.18. The largest absolute Gasteiger partial charge is 0.382 e. The lowest BCUT2D eigenvalue weighted by Gasteiger charge is -2.39. The highest BCUT2D eigenvalue weighted by Gasteiger charge is 2.42. The van der Waals surface area contributed by atoms with Crippen molar-refractivity contribution in [2.45, 2.75) is 25.3 Å². The monoisotopic (exact) mass is 372 g/mol. The van der Waals surface area contributed by atoms with E-state index in [4.69, 9.17) is 4.74 Å². The van der Waals surface area contributed by atoms with Crippen LogP contribution in [0.3, 0.4) is 0 Å². The first-order valence-corrected chi connectivity index (χ1v) is 9.78. The number of nitrogens with zero attached hydrogens (tertiary/aromatic N) is 1. The van der Waals surface area contributed by atoms with Crippen LogP contribution in [-0.2, 0) is 9.53 Å². The second-order valence-corrected chi connectivity index (χ2v) is 7.26. The van der Waals surface area contributed by atoms with Crippen molar-refractivity contribution in [3.63, 3.8) is 0 Å². The van der Waals surface area contributed by atoms with Crippen molar-refractivity contribution in [2.75, 3.05) is 26.8 Å². The maximum absolute atomic E-state index is 13.1. The molecule has 0 unspecified atom stereocenters. The van der Waals surface area contributed by atoms with Gasteiger partial charge in [-0.05, 0) is 36.4 Å². The summed E-state index contributed by atoms with van der Waals surface area (Å²) in [5, 5.41) is 5.00. The van der Waals surface area contributed by atoms with Crippen LogP contribution >= 0.6 is 11.3 Å². The van der Waals surface area contributed by atoms with Crippen LogP contribution in [0.15, 0.2) is 41.8 Å². The van der Waals surface area contributed by atoms with Gasteiger partial charge in [-0.2, -0.15) is 0 Å². The summed E-state index contributed by atoms with van der Waals surface area (Å²) in [5.74, 6) is -0.509. The molecule has 1 N–H and O–H groups in total. The van der Waals surface area contributed by atoms with E-state index in [2.05, 4.69) is 5.32 Å². The number of ether oxygens (including phenoxy) is 1. The molecule has 0 saturated heterocycles. The Morgan fingerprint density at radius 3 is 2.81 bits per heavy atom. The number of amides is 2. The van der Waals surface area contributed by atoms with Crippen LogP contribution < -0.4 is 5.32 Å². The van der Waals surface area contributed by atoms with Crippen LogP contribution in [0.5, 0.6) is 0 Å². The van der Waals surface area contributed by atoms with Crippen LogP contribution in [0.4, 0.5) is 0 Å². The molecule has 0 saturated carbocycles. The van der Waals surface area contributed by atoms with Gasteiger partial charge in [-0.25, -0.2) is 0 Å². The standard InChI is InChI=1S/C20H24N2O3S/c1-3-25-12-7-11-21-19(23)17-14-8-4-5-9-15(14)20(24)22(2)18(17)16-10-6-13-26-16/h4-6,8-10,13,17-18H,3,7,11-12H2,1-2H3,(H,21,23)/t17-,18+/m1/s1. The topological polar surface area (TPSA) is 58.6 Å². The Kier molecular flexibility index (Phi) is 6.06. The van der Waals surface area contributed by atoms with Crippen molar-refractivity contribution in [1.29, 1.82) is 0 Å². The predicted molar refractivity (Wildman–Crippen MR) is 102 cm³/mol. The number of likely N-dealkylation sites (N-methyl/N-ethyl adjacent to an activating group) is 1. The molecule has 2 heterocycles. The molecule has 0 spiro atoms. The number of nitrogens with one attached hydrogen (secondary N) is 1. The fourth-order valence-corrected chi connectivity index (χ4v) is 4.32. The van der Waals surface area contributed by atoms with Crippen molar-refractivity contribution in [3.05, 3.63) is 57.8 Å². The van der Waals surface area contributed by atoms with Crippen molar-refractivity contribution < 1.29 is 14.3 Å². The second-order valence-electron chi connectivity index (χ2n) is 6.28. The molecule has 1 aromatic carbocycles. The first kappa shape index (κ1) is 18.6. The van der Waals surface area contributed by atoms with E-state index in [1.165, 1.54) is 0 Å². The third-order valence-electron chi connectivity index (χ3n) is 4.67. The van der Waals surface area contributed by atoms with Gasteiger partial charge in [0.2, 0.25) is 5.91 Å². The number of carbonyl (C=O) groups is 2. The summed E-state index contributed by atoms with van der Waals surface area (Å²) in [6.07, 6.45) is 0.770. The van der Waals surface area contributed by atoms with E-state index in [1.807, 2.05) is 42.6 Å². The molecule has 0 fully saturated rings. The Morgan fingerprint density at radius 1 is 1.27 bits per heavy atom. The number of hydrogen-bond donors (Lipinski definition) is 1. The minimum atomic E-state index is -0.417. The summed E-state index contributed by atoms with van der Waals surface area (Å²) in [6.45, 7) is 3.82. The molecule has 1 aromatic heterocycles. The molecular weight excluding hydrogens is 348 g/mol. The molecule has 0 radical (unpaired) electrons. The van der Waals surface area contributed by atoms with Gasteiger partial charge in [-0.1, -0.05) is 24.3 Å². The van der Waals surface area contributed by atoms with Crippen molar-refractivity contribution in [3.8, 4) is 0 Å². The zero-order chi connectivity index (χ0) is 18.5. The Labute approximate surface area is 158 Å². The summed E-state index contributed by atoms with van der Waals surface area (Å²) < 4.78 is 5.33. The van der Waals surface area contributed by atoms with Crippen LogP contribution in [0, 0.1) is 0 Å². The summed E-state index contributed by atoms with van der Waals surface area (Å²) in [4.78, 5) is 28.6. The third-order valence-corrected chi connectivity index (χ3v) is 5.61. The molecular formula is C20H24N2O3S. The molecule has 2 aromatic rings. The zero-order valence-corrected chi connectivity index (χ0v) is 15.9. The van der Waals surface area contributed by atoms with Gasteiger partial charge in [0.15, 0.2) is 0 Å². The van der Waals surface area contributed by atoms with E-state index in [9.17, 15) is 9.59 Å². The number of rotatable bonds is 7. The van der Waals surface area contributed by atoms with Crippen LogP contribution in [0.2, 0.25) is 0 Å². The highest BCUT2D eigenvalue weighted by molar-refractivity contribution is 7.10. The number of hydrogen-bond acceptors (Lipinski definition) is 4. The van der Waals surface area contributed by atoms with E-state index in [1.54, 1.807) is 29.4 Å². The van der Waals surface area contributed by atoms with E-state index >= 15 is 0 Å². The Balaban J connectivity index is 1.88. The third kappa shape index (κ3) is 3.66. The van der Waals surface area contributed by atoms with Crippen LogP contribution in [0.25, 0.3) is 0 Å². The molecule has 1 aliphatic rings. The number of thiophene rings is 1. The molecule has 5 nitrogen and oxygen atoms in total. The Morgan fingerprint density at radius 2 is 2.08 bits per heavy atom. The summed E-state index contributed by atoms with van der Waals surface area (Å²) in [7, 11) is 1.78. The molecule has 3 rings (SSSR count). The van der Waals surface area contributed by atoms with Gasteiger partial charge in [0.1, 0.15) is 0 Å². The lowest BCUT2D eigenvalue weighted by Crippen LogP contribution is -2.45. The number of fused-ring (bicyclic) bond motifs is 1. The first-order valence-electron chi connectivity index (χ1n) is 8.90. The molecule has 2 amide bonds. The quantitative estimate of drug-likeness (QED) is 0.760. The molecule has 0 aliphatic carbocycles. The van der Waals surface area contributed by atoms with Gasteiger partial charge in [-0.15, -0.1) is 11.3 Å². The fraction of sp³-hybridized carbons (Fsp3) is 0.400. The number of carbonyl (C=O) groups excluding carboxylic acids is 2. The molecule has 26 heavy (non-hydrogen) atoms. The van der Waals surface area contributed by atoms with Gasteiger partial charge in [0.05, 0.1) is 12.0 Å². The summed E-state index contributed by atoms with van der Waals surface area (Å²) >= 11 is 1.57. The highest BCUT2D eigenvalue weighted by Crippen LogP contribution is 2.43. The van der Waals surface area contributed by atoms with Crippen molar-refractivity contribution in [2.24, 2.45) is 0 Å². The first-order chi connectivity index (χ1) is 12.6. The Bertz CT molecular complexity index is 760. The molecule has 138 valence electrons. The van der Waals surface area contributed by atoms with Gasteiger partial charge in [-0.3, -0.25) is 9.59 Å². The molecule has 6 heteroatoms. The smallest absolute Gasteiger partial charge is 0.254 e. The van der Waals surface area contributed by atoms with Gasteiger partial charge in [0, 0.05) is 37.2 Å². The highest BCUT2D eigenvalue weighted by atomic mass is 32.1. The van der Waals surface area contributed by atoms with Crippen LogP contribution in [0.1, 0.15) is 46.1 Å². The van der Waals surface area contributed by atoms with Gasteiger partial charge < -0.3 is 15.0 Å². The van der Waals surface area contributed by atoms with E-state index in [0.717, 1.165) is 16.9 Å². The average molecular weight is 372 g/mol. The fourth-order valence-electron chi connectivity index (χ4n) is 3.41. The minimum absolute atomic E-state index is 0.0422. The summed E-state index contributed by atoms with van der Waals surface area (Å²) in [6, 6.07) is 11.1. The molecule has 0 bridgehead atoms. The van der Waals surface area contributed by atoms with Crippen LogP contribution in [-0.4, -0.2) is 43.5 Å². The maximum Gasteiger partial charge on any atom is 0.254 e. The van der Waals surface area contributed by atoms with Crippen molar-refractivity contribution in [1.82, 2.24) is 10.2 Å². The minimum Gasteiger partial charge on any atom is -0.382 e. The predicted octanol–water partition coefficient (Wildman–Crippen LogP) is 3.20. The molecule has 2 atom stereocenters. The Hall–Kier alpha value is -2.18. The SMILES string of the molecule is CCOCCCNC(=O)[C@@H]1c2ccccc2C(=O)N(C)[C@H]1c1cccs1. The second kappa shape index (κ2) is 8.47. The lowest BCUT2D eigenvalue weighted by molar-refractivity contribution is -0.124. The van der Waals surface area contributed by atoms with Gasteiger partial charge >= 0.3 is 0 Å².